The maximum atomic E-state index is 6.23. The van der Waals surface area contributed by atoms with Crippen LogP contribution in [0.15, 0.2) is 71.3 Å². The lowest BCUT2D eigenvalue weighted by Gasteiger charge is -2.12. The largest absolute Gasteiger partial charge is 0.340 e. The summed E-state index contributed by atoms with van der Waals surface area (Å²) in [4.78, 5) is 9.51. The van der Waals surface area contributed by atoms with Gasteiger partial charge in [-0.05, 0) is 48.5 Å². The van der Waals surface area contributed by atoms with Crippen molar-refractivity contribution >= 4 is 60.8 Å². The summed E-state index contributed by atoms with van der Waals surface area (Å²) in [5.74, 6) is 1.35. The Morgan fingerprint density at radius 3 is 2.64 bits per heavy atom. The normalized spacial score (nSPS) is 11.2. The zero-order chi connectivity index (χ0) is 19.1. The van der Waals surface area contributed by atoms with E-state index in [0.29, 0.717) is 16.7 Å². The number of nitrogens with zero attached hydrogens (tertiary/aromatic N) is 3. The molecule has 3 aromatic carbocycles. The van der Waals surface area contributed by atoms with E-state index in [0.717, 1.165) is 37.5 Å². The first-order chi connectivity index (χ1) is 13.7. The Bertz CT molecular complexity index is 1310. The summed E-state index contributed by atoms with van der Waals surface area (Å²) in [5.41, 5.74) is 3.66. The third kappa shape index (κ3) is 3.21. The van der Waals surface area contributed by atoms with Crippen LogP contribution in [0.1, 0.15) is 0 Å². The molecule has 0 radical (unpaired) electrons. The molecule has 0 amide bonds. The Hall–Kier alpha value is -2.96. The van der Waals surface area contributed by atoms with Crippen molar-refractivity contribution in [3.8, 4) is 11.4 Å². The fourth-order valence-electron chi connectivity index (χ4n) is 3.08. The van der Waals surface area contributed by atoms with Gasteiger partial charge in [0.05, 0.1) is 17.2 Å². The molecule has 0 unspecified atom stereocenters. The fraction of sp³-hybridized carbons (Fsp3) is 0. The number of fused-ring (bicyclic) bond motifs is 2. The Morgan fingerprint density at radius 1 is 0.929 bits per heavy atom. The first-order valence-corrected chi connectivity index (χ1v) is 9.76. The van der Waals surface area contributed by atoms with Crippen LogP contribution in [0.5, 0.6) is 0 Å². The van der Waals surface area contributed by atoms with E-state index in [4.69, 9.17) is 21.6 Å². The van der Waals surface area contributed by atoms with Crippen LogP contribution in [0.3, 0.4) is 0 Å². The Balaban J connectivity index is 1.66. The van der Waals surface area contributed by atoms with Crippen molar-refractivity contribution in [2.24, 2.45) is 0 Å². The highest BCUT2D eigenvalue weighted by molar-refractivity contribution is 9.10. The number of aromatic amines is 1. The van der Waals surface area contributed by atoms with Crippen molar-refractivity contribution in [1.29, 1.82) is 0 Å². The van der Waals surface area contributed by atoms with Crippen LogP contribution in [0.4, 0.5) is 11.5 Å². The molecule has 0 bridgehead atoms. The number of hydrogen-bond acceptors (Lipinski definition) is 4. The lowest BCUT2D eigenvalue weighted by atomic mass is 10.1. The SMILES string of the molecule is Clc1ccc2nc(-c3ccc(Br)cc3)nc(Nc3ccc4[nH]ncc4c3)c2c1. The highest BCUT2D eigenvalue weighted by atomic mass is 79.9. The van der Waals surface area contributed by atoms with E-state index >= 15 is 0 Å². The maximum absolute atomic E-state index is 6.23. The third-order valence-corrected chi connectivity index (χ3v) is 5.23. The number of hydrogen-bond donors (Lipinski definition) is 2. The van der Waals surface area contributed by atoms with E-state index in [-0.39, 0.29) is 0 Å². The van der Waals surface area contributed by atoms with Crippen molar-refractivity contribution < 1.29 is 0 Å². The van der Waals surface area contributed by atoms with Crippen LogP contribution in [0.25, 0.3) is 33.2 Å². The first kappa shape index (κ1) is 17.2. The third-order valence-electron chi connectivity index (χ3n) is 4.46. The summed E-state index contributed by atoms with van der Waals surface area (Å²) < 4.78 is 1.01. The molecule has 28 heavy (non-hydrogen) atoms. The molecule has 7 heteroatoms. The zero-order valence-corrected chi connectivity index (χ0v) is 16.8. The van der Waals surface area contributed by atoms with Gasteiger partial charge in [0.2, 0.25) is 0 Å². The second-order valence-electron chi connectivity index (χ2n) is 6.36. The van der Waals surface area contributed by atoms with E-state index in [9.17, 15) is 0 Å². The highest BCUT2D eigenvalue weighted by Gasteiger charge is 2.11. The molecule has 0 fully saturated rings. The van der Waals surface area contributed by atoms with Gasteiger partial charge in [-0.15, -0.1) is 0 Å². The summed E-state index contributed by atoms with van der Waals surface area (Å²) >= 11 is 9.70. The fourth-order valence-corrected chi connectivity index (χ4v) is 3.52. The molecule has 0 aliphatic rings. The van der Waals surface area contributed by atoms with Gasteiger partial charge in [0.15, 0.2) is 5.82 Å². The van der Waals surface area contributed by atoms with E-state index < -0.39 is 0 Å². The van der Waals surface area contributed by atoms with Crippen molar-refractivity contribution in [2.45, 2.75) is 0 Å². The van der Waals surface area contributed by atoms with Crippen LogP contribution in [0, 0.1) is 0 Å². The molecule has 5 nitrogen and oxygen atoms in total. The first-order valence-electron chi connectivity index (χ1n) is 8.59. The predicted molar refractivity (Wildman–Crippen MR) is 117 cm³/mol. The number of aromatic nitrogens is 4. The summed E-state index contributed by atoms with van der Waals surface area (Å²) in [7, 11) is 0. The number of nitrogens with one attached hydrogen (secondary N) is 2. The monoisotopic (exact) mass is 449 g/mol. The van der Waals surface area contributed by atoms with Crippen LogP contribution in [0.2, 0.25) is 5.02 Å². The Kier molecular flexibility index (Phi) is 4.22. The topological polar surface area (TPSA) is 66.5 Å². The molecule has 0 aliphatic heterocycles. The average molecular weight is 451 g/mol. The quantitative estimate of drug-likeness (QED) is 0.337. The van der Waals surface area contributed by atoms with Crippen molar-refractivity contribution in [1.82, 2.24) is 20.2 Å². The molecule has 2 N–H and O–H groups in total. The second-order valence-corrected chi connectivity index (χ2v) is 7.71. The smallest absolute Gasteiger partial charge is 0.162 e. The van der Waals surface area contributed by atoms with Gasteiger partial charge in [-0.25, -0.2) is 9.97 Å². The minimum absolute atomic E-state index is 0.640. The van der Waals surface area contributed by atoms with Crippen LogP contribution in [-0.4, -0.2) is 20.2 Å². The minimum Gasteiger partial charge on any atom is -0.340 e. The molecule has 0 aliphatic carbocycles. The second kappa shape index (κ2) is 6.89. The molecule has 0 spiro atoms. The Morgan fingerprint density at radius 2 is 1.79 bits per heavy atom. The van der Waals surface area contributed by atoms with E-state index in [2.05, 4.69) is 31.4 Å². The van der Waals surface area contributed by atoms with Crippen LogP contribution < -0.4 is 5.32 Å². The lowest BCUT2D eigenvalue weighted by molar-refractivity contribution is 1.12. The maximum Gasteiger partial charge on any atom is 0.162 e. The molecule has 0 saturated heterocycles. The Labute approximate surface area is 173 Å². The van der Waals surface area contributed by atoms with Crippen molar-refractivity contribution in [3.05, 3.63) is 76.4 Å². The molecule has 2 heterocycles. The van der Waals surface area contributed by atoms with Gasteiger partial charge in [0.1, 0.15) is 5.82 Å². The summed E-state index contributed by atoms with van der Waals surface area (Å²) in [6.45, 7) is 0. The lowest BCUT2D eigenvalue weighted by Crippen LogP contribution is -1.99. The number of rotatable bonds is 3. The predicted octanol–water partition coefficient (Wildman–Crippen LogP) is 6.33. The number of H-pyrrole nitrogens is 1. The molecular formula is C21H13BrClN5. The van der Waals surface area contributed by atoms with Gasteiger partial charge in [0.25, 0.3) is 0 Å². The van der Waals surface area contributed by atoms with Gasteiger partial charge < -0.3 is 5.32 Å². The molecule has 5 aromatic rings. The standard InChI is InChI=1S/C21H13BrClN5/c22-14-3-1-12(2-4-14)20-26-19-7-5-15(23)10-17(19)21(27-20)25-16-6-8-18-13(9-16)11-24-28-18/h1-11H,(H,24,28)(H,25,26,27). The van der Waals surface area contributed by atoms with Crippen molar-refractivity contribution in [2.75, 3.05) is 5.32 Å². The molecular weight excluding hydrogens is 438 g/mol. The minimum atomic E-state index is 0.640. The van der Waals surface area contributed by atoms with E-state index in [1.807, 2.05) is 60.7 Å². The van der Waals surface area contributed by atoms with Gasteiger partial charge >= 0.3 is 0 Å². The zero-order valence-electron chi connectivity index (χ0n) is 14.4. The average Bonchev–Trinajstić information content (AvgIpc) is 3.17. The van der Waals surface area contributed by atoms with Gasteiger partial charge in [0, 0.05) is 31.5 Å². The van der Waals surface area contributed by atoms with Crippen molar-refractivity contribution in [3.63, 3.8) is 0 Å². The molecule has 0 saturated carbocycles. The van der Waals surface area contributed by atoms with E-state index in [1.54, 1.807) is 6.20 Å². The summed E-state index contributed by atoms with van der Waals surface area (Å²) in [5, 5.41) is 13.0. The molecule has 136 valence electrons. The van der Waals surface area contributed by atoms with Gasteiger partial charge in [-0.1, -0.05) is 39.7 Å². The van der Waals surface area contributed by atoms with Crippen LogP contribution >= 0.6 is 27.5 Å². The number of benzene rings is 3. The van der Waals surface area contributed by atoms with Gasteiger partial charge in [-0.3, -0.25) is 5.10 Å². The number of halogens is 2. The summed E-state index contributed by atoms with van der Waals surface area (Å²) in [6.07, 6.45) is 1.79. The van der Waals surface area contributed by atoms with E-state index in [1.165, 1.54) is 0 Å². The van der Waals surface area contributed by atoms with Crippen LogP contribution in [-0.2, 0) is 0 Å². The molecule has 2 aromatic heterocycles. The molecule has 0 atom stereocenters. The number of anilines is 2. The molecule has 5 rings (SSSR count). The summed E-state index contributed by atoms with van der Waals surface area (Å²) in [6, 6.07) is 19.5. The highest BCUT2D eigenvalue weighted by Crippen LogP contribution is 2.30. The van der Waals surface area contributed by atoms with Gasteiger partial charge in [-0.2, -0.15) is 5.10 Å².